The molecule has 1 amide bonds. The standard InChI is InChI=1S/C28H23N3O2.C25H24N2O3.C19H20N4O2.C18H17N3O2/c1-3-9-21(10-4-1)19-32-24-14-15-25(28(17-24)33-20-23-13-7-8-16-29-23)27-18-26(30-31-27)22-11-5-2-6-12-22;1-28-14-15-29-25-16-21(30-18-19-8-4-2-5-9-19)12-13-22(25)24-17-23(26-27-24)20-10-6-3-7-11-20;1-24-18-5-3-2-4-15(18)17-12-16(21-22-17)14-6-7-19(20-13-14)23-8-10-25-11-9-23;1-12(22)19-14-7-5-6-13(10-14)16-11-17(21-20-16)15-8-3-4-9-18(15)23-2/h1-18H,19-20H2,(H,30,31);2-13,16-17H,14-15,18H2,1H3,(H,26,27);2-7,12-13H,8-11H2,1H3,(H,21,22);3-11H,1-2H3,(H,19,22)(H,20,21). The number of aromatic amines is 4. The third-order valence-corrected chi connectivity index (χ3v) is 17.7. The van der Waals surface area contributed by atoms with Crippen LogP contribution in [0.4, 0.5) is 11.5 Å². The highest BCUT2D eigenvalue weighted by atomic mass is 16.5. The van der Waals surface area contributed by atoms with E-state index in [4.69, 9.17) is 37.9 Å². The molecule has 558 valence electrons. The minimum atomic E-state index is -0.0983. The molecule has 0 atom stereocenters. The molecule has 0 aliphatic carbocycles. The number of nitrogens with one attached hydrogen (secondary N) is 5. The Morgan fingerprint density at radius 2 is 0.865 bits per heavy atom. The fourth-order valence-corrected chi connectivity index (χ4v) is 12.1. The number of H-pyrrole nitrogens is 4. The Morgan fingerprint density at radius 1 is 0.405 bits per heavy atom. The Kier molecular flexibility index (Phi) is 26.2. The summed E-state index contributed by atoms with van der Waals surface area (Å²) in [4.78, 5) is 22.4. The van der Waals surface area contributed by atoms with Crippen LogP contribution in [0.2, 0.25) is 0 Å². The topological polar surface area (TPSA) is 247 Å². The zero-order chi connectivity index (χ0) is 76.2. The summed E-state index contributed by atoms with van der Waals surface area (Å²) in [6.45, 7) is 7.06. The SMILES string of the molecule is COCCOc1cc(OCc2ccccc2)ccc1-c1cc(-c2ccccc2)n[nH]1.COc1ccccc1-c1cc(-c2ccc(N3CCOCC3)nc2)n[nH]1.COc1ccccc1-c1cc(-c2cccc(NC(C)=O)c2)n[nH]1.c1ccc(COc2ccc(-c3cc(-c4ccccc4)n[nH]3)c(OCc3ccccn3)c2)cc1. The van der Waals surface area contributed by atoms with Crippen molar-refractivity contribution in [3.63, 3.8) is 0 Å². The van der Waals surface area contributed by atoms with Crippen molar-refractivity contribution in [1.82, 2.24) is 50.8 Å². The molecule has 1 saturated heterocycles. The molecule has 21 nitrogen and oxygen atoms in total. The van der Waals surface area contributed by atoms with Crippen LogP contribution in [0.25, 0.3) is 90.1 Å². The molecule has 111 heavy (non-hydrogen) atoms. The van der Waals surface area contributed by atoms with Crippen LogP contribution < -0.4 is 38.6 Å². The van der Waals surface area contributed by atoms with E-state index in [-0.39, 0.29) is 5.91 Å². The first-order valence-electron chi connectivity index (χ1n) is 36.2. The van der Waals surface area contributed by atoms with Crippen molar-refractivity contribution in [3.8, 4) is 125 Å². The summed E-state index contributed by atoms with van der Waals surface area (Å²) in [6, 6.07) is 93.2. The van der Waals surface area contributed by atoms with Crippen LogP contribution in [-0.2, 0) is 34.1 Å². The van der Waals surface area contributed by atoms with Crippen LogP contribution in [0.3, 0.4) is 0 Å². The predicted molar refractivity (Wildman–Crippen MR) is 434 cm³/mol. The maximum absolute atomic E-state index is 11.2. The van der Waals surface area contributed by atoms with Crippen LogP contribution in [0.1, 0.15) is 23.7 Å². The lowest BCUT2D eigenvalue weighted by atomic mass is 10.1. The third kappa shape index (κ3) is 20.8. The van der Waals surface area contributed by atoms with Crippen LogP contribution in [0, 0.1) is 0 Å². The van der Waals surface area contributed by atoms with E-state index in [0.29, 0.717) is 38.8 Å². The number of carbonyl (C=O) groups is 1. The molecule has 0 saturated carbocycles. The largest absolute Gasteiger partial charge is 0.496 e. The number of rotatable bonds is 25. The summed E-state index contributed by atoms with van der Waals surface area (Å²) in [5.74, 6) is 5.40. The van der Waals surface area contributed by atoms with E-state index >= 15 is 0 Å². The summed E-state index contributed by atoms with van der Waals surface area (Å²) in [6.07, 6.45) is 3.63. The van der Waals surface area contributed by atoms with E-state index in [9.17, 15) is 4.79 Å². The molecule has 15 aromatic rings. The van der Waals surface area contributed by atoms with Gasteiger partial charge in [0.25, 0.3) is 0 Å². The minimum Gasteiger partial charge on any atom is -0.496 e. The monoisotopic (exact) mass is 1480 g/mol. The van der Waals surface area contributed by atoms with Crippen molar-refractivity contribution in [2.75, 3.05) is 71.1 Å². The van der Waals surface area contributed by atoms with Gasteiger partial charge < -0.3 is 48.1 Å². The number of amides is 1. The first-order chi connectivity index (χ1) is 54.7. The van der Waals surface area contributed by atoms with Crippen molar-refractivity contribution in [3.05, 3.63) is 314 Å². The molecule has 0 unspecified atom stereocenters. The smallest absolute Gasteiger partial charge is 0.221 e. The second-order valence-electron chi connectivity index (χ2n) is 25.4. The van der Waals surface area contributed by atoms with Gasteiger partial charge in [-0.3, -0.25) is 30.2 Å². The van der Waals surface area contributed by atoms with Gasteiger partial charge in [-0.15, -0.1) is 0 Å². The summed E-state index contributed by atoms with van der Waals surface area (Å²) in [7, 11) is 4.97. The van der Waals surface area contributed by atoms with Gasteiger partial charge in [-0.05, 0) is 120 Å². The number of aromatic nitrogens is 10. The lowest BCUT2D eigenvalue weighted by Gasteiger charge is -2.27. The molecule has 1 fully saturated rings. The highest BCUT2D eigenvalue weighted by Crippen LogP contribution is 2.38. The molecule has 9 aromatic carbocycles. The van der Waals surface area contributed by atoms with E-state index in [0.717, 1.165) is 173 Å². The van der Waals surface area contributed by atoms with E-state index < -0.39 is 0 Å². The van der Waals surface area contributed by atoms with Crippen molar-refractivity contribution in [1.29, 1.82) is 0 Å². The fraction of sp³-hybridized carbons (Fsp3) is 0.144. The van der Waals surface area contributed by atoms with E-state index in [1.54, 1.807) is 27.5 Å². The number of morpholine rings is 1. The van der Waals surface area contributed by atoms with E-state index in [1.807, 2.05) is 285 Å². The van der Waals surface area contributed by atoms with E-state index in [1.165, 1.54) is 6.92 Å². The molecule has 0 spiro atoms. The van der Waals surface area contributed by atoms with Crippen molar-refractivity contribution >= 4 is 17.4 Å². The molecule has 0 bridgehead atoms. The van der Waals surface area contributed by atoms with Crippen LogP contribution >= 0.6 is 0 Å². The van der Waals surface area contributed by atoms with Gasteiger partial charge >= 0.3 is 0 Å². The van der Waals surface area contributed by atoms with Crippen LogP contribution in [0.5, 0.6) is 34.5 Å². The Morgan fingerprint density at radius 3 is 1.34 bits per heavy atom. The number of hydrogen-bond donors (Lipinski definition) is 5. The van der Waals surface area contributed by atoms with Crippen LogP contribution in [-0.4, -0.2) is 118 Å². The molecule has 0 radical (unpaired) electrons. The summed E-state index contributed by atoms with van der Waals surface area (Å²) in [5, 5.41) is 32.9. The average Bonchev–Trinajstić information content (AvgIpc) is 1.73. The van der Waals surface area contributed by atoms with Crippen molar-refractivity contribution < 1.29 is 42.7 Å². The maximum Gasteiger partial charge on any atom is 0.221 e. The second-order valence-corrected chi connectivity index (χ2v) is 25.4. The number of para-hydroxylation sites is 2. The van der Waals surface area contributed by atoms with Gasteiger partial charge in [-0.1, -0.05) is 164 Å². The lowest BCUT2D eigenvalue weighted by Crippen LogP contribution is -2.36. The summed E-state index contributed by atoms with van der Waals surface area (Å²) in [5.41, 5.74) is 18.6. The molecular weight excluding hydrogens is 1390 g/mol. The minimum absolute atomic E-state index is 0.0983. The number of ether oxygens (including phenoxy) is 8. The van der Waals surface area contributed by atoms with Gasteiger partial charge in [0.1, 0.15) is 66.7 Å². The molecule has 1 aliphatic rings. The number of methoxy groups -OCH3 is 3. The highest BCUT2D eigenvalue weighted by Gasteiger charge is 2.19. The van der Waals surface area contributed by atoms with Gasteiger partial charge in [0.15, 0.2) is 0 Å². The zero-order valence-corrected chi connectivity index (χ0v) is 62.0. The number of nitrogens with zero attached hydrogens (tertiary/aromatic N) is 7. The third-order valence-electron chi connectivity index (χ3n) is 17.7. The Labute approximate surface area is 644 Å². The zero-order valence-electron chi connectivity index (χ0n) is 62.0. The Balaban J connectivity index is 0.000000131. The molecule has 1 aliphatic heterocycles. The highest BCUT2D eigenvalue weighted by molar-refractivity contribution is 5.89. The molecule has 6 aromatic heterocycles. The van der Waals surface area contributed by atoms with Crippen LogP contribution in [0.15, 0.2) is 298 Å². The summed E-state index contributed by atoms with van der Waals surface area (Å²) < 4.78 is 45.5. The average molecular weight is 1480 g/mol. The Bertz CT molecular complexity index is 5370. The molecule has 16 rings (SSSR count). The number of benzene rings is 9. The van der Waals surface area contributed by atoms with Gasteiger partial charge in [0.2, 0.25) is 5.91 Å². The first kappa shape index (κ1) is 75.3. The number of carbonyl (C=O) groups excluding carboxylic acids is 1. The lowest BCUT2D eigenvalue weighted by molar-refractivity contribution is -0.114. The normalized spacial score (nSPS) is 11.5. The van der Waals surface area contributed by atoms with Crippen molar-refractivity contribution in [2.24, 2.45) is 0 Å². The van der Waals surface area contributed by atoms with Gasteiger partial charge in [0, 0.05) is 102 Å². The summed E-state index contributed by atoms with van der Waals surface area (Å²) >= 11 is 0. The number of anilines is 2. The first-order valence-corrected chi connectivity index (χ1v) is 36.2. The quantitative estimate of drug-likeness (QED) is 0.0334. The van der Waals surface area contributed by atoms with Gasteiger partial charge in [0.05, 0.1) is 85.3 Å². The number of pyridine rings is 2. The molecule has 21 heteroatoms. The number of hydrogen-bond acceptors (Lipinski definition) is 16. The maximum atomic E-state index is 11.2. The molecule has 5 N–H and O–H groups in total. The fourth-order valence-electron chi connectivity index (χ4n) is 12.1. The molecular formula is C90H84N12O9. The van der Waals surface area contributed by atoms with Gasteiger partial charge in [-0.25, -0.2) is 4.98 Å². The predicted octanol–water partition coefficient (Wildman–Crippen LogP) is 18.3. The van der Waals surface area contributed by atoms with Gasteiger partial charge in [-0.2, -0.15) is 20.4 Å². The van der Waals surface area contributed by atoms with Crippen molar-refractivity contribution in [2.45, 2.75) is 26.7 Å². The second kappa shape index (κ2) is 38.6. The Hall–Kier alpha value is -13.9. The molecule has 7 heterocycles. The van der Waals surface area contributed by atoms with E-state index in [2.05, 4.69) is 67.0 Å².